The van der Waals surface area contributed by atoms with Gasteiger partial charge in [0.25, 0.3) is 5.88 Å². The molecule has 1 aliphatic rings. The summed E-state index contributed by atoms with van der Waals surface area (Å²) in [6.45, 7) is 6.02. The van der Waals surface area contributed by atoms with Crippen LogP contribution in [-0.2, 0) is 13.0 Å². The molecule has 2 aromatic carbocycles. The molecule has 0 amide bonds. The van der Waals surface area contributed by atoms with E-state index in [-0.39, 0.29) is 11.7 Å². The number of ether oxygens (including phenoxy) is 2. The molecule has 36 heavy (non-hydrogen) atoms. The van der Waals surface area contributed by atoms with Crippen molar-refractivity contribution in [3.8, 4) is 28.6 Å². The van der Waals surface area contributed by atoms with Crippen LogP contribution >= 0.6 is 11.6 Å². The number of benzene rings is 2. The number of nitrogen functional groups attached to an aromatic ring is 1. The van der Waals surface area contributed by atoms with Crippen LogP contribution in [0, 0.1) is 6.92 Å². The van der Waals surface area contributed by atoms with E-state index in [0.717, 1.165) is 30.6 Å². The van der Waals surface area contributed by atoms with E-state index in [4.69, 9.17) is 31.8 Å². The van der Waals surface area contributed by atoms with Gasteiger partial charge in [0.1, 0.15) is 17.0 Å². The molecule has 0 aliphatic carbocycles. The molecule has 0 spiro atoms. The Bertz CT molecular complexity index is 1400. The van der Waals surface area contributed by atoms with Crippen molar-refractivity contribution in [2.24, 2.45) is 0 Å². The third-order valence-corrected chi connectivity index (χ3v) is 6.58. The fourth-order valence-corrected chi connectivity index (χ4v) is 4.66. The maximum absolute atomic E-state index is 6.21. The predicted molar refractivity (Wildman–Crippen MR) is 141 cm³/mol. The summed E-state index contributed by atoms with van der Waals surface area (Å²) in [7, 11) is 2.14. The molecular weight excluding hydrogens is 474 g/mol. The summed E-state index contributed by atoms with van der Waals surface area (Å²) in [4.78, 5) is 15.6. The van der Waals surface area contributed by atoms with Gasteiger partial charge < -0.3 is 20.1 Å². The zero-order valence-corrected chi connectivity index (χ0v) is 21.3. The van der Waals surface area contributed by atoms with Crippen molar-refractivity contribution in [3.05, 3.63) is 88.3 Å². The molecule has 5 rings (SSSR count). The Morgan fingerprint density at radius 3 is 2.69 bits per heavy atom. The van der Waals surface area contributed by atoms with Crippen LogP contribution in [0.25, 0.3) is 11.3 Å². The highest BCUT2D eigenvalue weighted by Crippen LogP contribution is 2.35. The third kappa shape index (κ3) is 5.12. The summed E-state index contributed by atoms with van der Waals surface area (Å²) in [5.41, 5.74) is 12.6. The highest BCUT2D eigenvalue weighted by molar-refractivity contribution is 6.29. The summed E-state index contributed by atoms with van der Waals surface area (Å²) in [6, 6.07) is 15.6. The number of para-hydroxylation sites is 1. The second-order valence-electron chi connectivity index (χ2n) is 9.08. The number of hydrogen-bond acceptors (Lipinski definition) is 7. The maximum Gasteiger partial charge on any atom is 0.258 e. The summed E-state index contributed by atoms with van der Waals surface area (Å²) in [5.74, 6) is 1.69. The fourth-order valence-electron chi connectivity index (χ4n) is 4.50. The number of fused-ring (bicyclic) bond motifs is 1. The van der Waals surface area contributed by atoms with Crippen molar-refractivity contribution < 1.29 is 9.47 Å². The highest BCUT2D eigenvalue weighted by Gasteiger charge is 2.20. The Morgan fingerprint density at radius 2 is 1.89 bits per heavy atom. The highest BCUT2D eigenvalue weighted by atomic mass is 35.5. The number of rotatable bonds is 6. The quantitative estimate of drug-likeness (QED) is 0.324. The van der Waals surface area contributed by atoms with Crippen LogP contribution in [0.15, 0.2) is 60.9 Å². The lowest BCUT2D eigenvalue weighted by atomic mass is 9.92. The van der Waals surface area contributed by atoms with Crippen molar-refractivity contribution in [1.82, 2.24) is 19.9 Å². The number of anilines is 1. The molecule has 0 saturated heterocycles. The van der Waals surface area contributed by atoms with Crippen molar-refractivity contribution in [1.29, 1.82) is 0 Å². The minimum Gasteiger partial charge on any atom is -0.467 e. The summed E-state index contributed by atoms with van der Waals surface area (Å²) in [5, 5.41) is 0.336. The zero-order chi connectivity index (χ0) is 25.2. The van der Waals surface area contributed by atoms with E-state index in [0.29, 0.717) is 22.3 Å². The van der Waals surface area contributed by atoms with Gasteiger partial charge in [-0.3, -0.25) is 0 Å². The van der Waals surface area contributed by atoms with E-state index >= 15 is 0 Å². The second kappa shape index (κ2) is 10.1. The molecule has 7 nitrogen and oxygen atoms in total. The number of nitrogens with zero attached hydrogens (tertiary/aromatic N) is 4. The summed E-state index contributed by atoms with van der Waals surface area (Å²) >= 11 is 6.21. The molecule has 184 valence electrons. The first-order valence-corrected chi connectivity index (χ1v) is 12.2. The van der Waals surface area contributed by atoms with Gasteiger partial charge in [-0.1, -0.05) is 29.8 Å². The van der Waals surface area contributed by atoms with Gasteiger partial charge in [-0.2, -0.15) is 0 Å². The minimum atomic E-state index is -0.477. The third-order valence-electron chi connectivity index (χ3n) is 6.37. The lowest BCUT2D eigenvalue weighted by Crippen LogP contribution is -2.27. The zero-order valence-electron chi connectivity index (χ0n) is 20.5. The van der Waals surface area contributed by atoms with E-state index in [1.807, 2.05) is 37.3 Å². The number of pyridine rings is 1. The molecule has 2 aromatic heterocycles. The Morgan fingerprint density at radius 1 is 1.08 bits per heavy atom. The average molecular weight is 502 g/mol. The molecule has 4 aromatic rings. The number of nitrogens with two attached hydrogens (primary N) is 1. The topological polar surface area (TPSA) is 86.4 Å². The van der Waals surface area contributed by atoms with Crippen LogP contribution in [-0.4, -0.2) is 33.4 Å². The molecular formula is C28H28ClN5O2. The van der Waals surface area contributed by atoms with Gasteiger partial charge in [0.15, 0.2) is 11.6 Å². The van der Waals surface area contributed by atoms with E-state index in [9.17, 15) is 0 Å². The summed E-state index contributed by atoms with van der Waals surface area (Å²) < 4.78 is 12.3. The first-order chi connectivity index (χ1) is 17.4. The first kappa shape index (κ1) is 24.0. The van der Waals surface area contributed by atoms with Crippen molar-refractivity contribution >= 4 is 17.4 Å². The van der Waals surface area contributed by atoms with Gasteiger partial charge in [0, 0.05) is 24.2 Å². The van der Waals surface area contributed by atoms with Crippen molar-refractivity contribution in [2.45, 2.75) is 32.9 Å². The van der Waals surface area contributed by atoms with Gasteiger partial charge in [0.2, 0.25) is 0 Å². The summed E-state index contributed by atoms with van der Waals surface area (Å²) in [6.07, 6.45) is 3.85. The van der Waals surface area contributed by atoms with Crippen LogP contribution < -0.4 is 15.2 Å². The largest absolute Gasteiger partial charge is 0.467 e. The Kier molecular flexibility index (Phi) is 6.76. The normalized spacial score (nSPS) is 14.2. The van der Waals surface area contributed by atoms with E-state index < -0.39 is 6.10 Å². The van der Waals surface area contributed by atoms with Gasteiger partial charge >= 0.3 is 0 Å². The van der Waals surface area contributed by atoms with Crippen LogP contribution in [0.2, 0.25) is 5.15 Å². The van der Waals surface area contributed by atoms with E-state index in [2.05, 4.69) is 41.0 Å². The van der Waals surface area contributed by atoms with Crippen LogP contribution in [0.1, 0.15) is 35.3 Å². The van der Waals surface area contributed by atoms with Crippen LogP contribution in [0.3, 0.4) is 0 Å². The minimum absolute atomic E-state index is 0.214. The molecule has 0 saturated carbocycles. The monoisotopic (exact) mass is 501 g/mol. The van der Waals surface area contributed by atoms with Crippen molar-refractivity contribution in [3.63, 3.8) is 0 Å². The Labute approximate surface area is 215 Å². The number of aromatic nitrogens is 3. The number of aryl methyl sites for hydroxylation is 1. The molecule has 1 aliphatic heterocycles. The first-order valence-electron chi connectivity index (χ1n) is 11.9. The fraction of sp³-hybridized carbons (Fsp3) is 0.250. The molecule has 3 heterocycles. The van der Waals surface area contributed by atoms with Crippen LogP contribution in [0.5, 0.6) is 17.4 Å². The molecule has 1 unspecified atom stereocenters. The second-order valence-corrected chi connectivity index (χ2v) is 9.47. The lowest BCUT2D eigenvalue weighted by Gasteiger charge is -2.27. The number of halogens is 1. The van der Waals surface area contributed by atoms with Crippen LogP contribution in [0.4, 0.5) is 5.82 Å². The molecule has 8 heteroatoms. The van der Waals surface area contributed by atoms with E-state index in [1.165, 1.54) is 16.7 Å². The lowest BCUT2D eigenvalue weighted by molar-refractivity contribution is 0.214. The molecule has 2 N–H and O–H groups in total. The van der Waals surface area contributed by atoms with Gasteiger partial charge in [0.05, 0.1) is 18.1 Å². The van der Waals surface area contributed by atoms with Crippen molar-refractivity contribution in [2.75, 3.05) is 19.3 Å². The molecule has 0 bridgehead atoms. The standard InChI is InChI=1S/C28H28ClN5O2/c1-17-11-19(12-20-16-34(3)10-9-22(17)20)24-14-32-27(30)28(33-24)35-18(2)23-13-26(29)31-15-25(23)36-21-7-5-4-6-8-21/h4-8,11-15,18H,9-10,16H2,1-3H3,(H2,30,32). The van der Waals surface area contributed by atoms with E-state index in [1.54, 1.807) is 18.5 Å². The molecule has 0 radical (unpaired) electrons. The van der Waals surface area contributed by atoms with Gasteiger partial charge in [-0.15, -0.1) is 0 Å². The molecule has 1 atom stereocenters. The van der Waals surface area contributed by atoms with Gasteiger partial charge in [-0.05, 0) is 74.3 Å². The number of hydrogen-bond donors (Lipinski definition) is 1. The molecule has 0 fully saturated rings. The smallest absolute Gasteiger partial charge is 0.258 e. The number of likely N-dealkylation sites (N-methyl/N-ethyl adjacent to an activating group) is 1. The Hall–Kier alpha value is -3.68. The Balaban J connectivity index is 1.44. The maximum atomic E-state index is 6.21. The average Bonchev–Trinajstić information content (AvgIpc) is 2.86. The predicted octanol–water partition coefficient (Wildman–Crippen LogP) is 6.00. The SMILES string of the molecule is Cc1cc(-c2cnc(N)c(OC(C)c3cc(Cl)ncc3Oc3ccccc3)n2)cc2c1CCN(C)C2. The van der Waals surface area contributed by atoms with Gasteiger partial charge in [-0.25, -0.2) is 15.0 Å².